The molecule has 1 aromatic heterocycles. The summed E-state index contributed by atoms with van der Waals surface area (Å²) in [7, 11) is 2.03. The molecular formula is C15H23N3. The first-order valence-electron chi connectivity index (χ1n) is 6.91. The van der Waals surface area contributed by atoms with Crippen LogP contribution in [-0.4, -0.2) is 22.6 Å². The predicted octanol–water partition coefficient (Wildman–Crippen LogP) is 2.99. The van der Waals surface area contributed by atoms with Crippen molar-refractivity contribution in [2.24, 2.45) is 0 Å². The van der Waals surface area contributed by atoms with Crippen molar-refractivity contribution in [2.75, 3.05) is 7.05 Å². The van der Waals surface area contributed by atoms with E-state index in [2.05, 4.69) is 48.0 Å². The van der Waals surface area contributed by atoms with Crippen LogP contribution in [0.3, 0.4) is 0 Å². The normalized spacial score (nSPS) is 13.1. The lowest BCUT2D eigenvalue weighted by Gasteiger charge is -2.17. The molecule has 0 aliphatic heterocycles. The maximum absolute atomic E-state index is 4.76. The second kappa shape index (κ2) is 6.01. The highest BCUT2D eigenvalue weighted by molar-refractivity contribution is 5.75. The van der Waals surface area contributed by atoms with E-state index in [1.807, 2.05) is 7.05 Å². The molecule has 2 rings (SSSR count). The number of aromatic nitrogens is 2. The molecule has 0 radical (unpaired) electrons. The molecule has 0 spiro atoms. The van der Waals surface area contributed by atoms with E-state index in [-0.39, 0.29) is 0 Å². The Balaban J connectivity index is 2.41. The third-order valence-corrected chi connectivity index (χ3v) is 3.51. The van der Waals surface area contributed by atoms with Gasteiger partial charge in [-0.25, -0.2) is 4.98 Å². The van der Waals surface area contributed by atoms with Gasteiger partial charge in [-0.05, 0) is 32.0 Å². The number of imidazole rings is 1. The Morgan fingerprint density at radius 2 is 2.06 bits per heavy atom. The van der Waals surface area contributed by atoms with Gasteiger partial charge in [0.15, 0.2) is 0 Å². The van der Waals surface area contributed by atoms with E-state index in [1.165, 1.54) is 11.3 Å². The molecule has 0 fully saturated rings. The van der Waals surface area contributed by atoms with Crippen LogP contribution >= 0.6 is 0 Å². The molecule has 0 aliphatic carbocycles. The number of para-hydroxylation sites is 2. The summed E-state index contributed by atoms with van der Waals surface area (Å²) in [6.45, 7) is 5.43. The van der Waals surface area contributed by atoms with Gasteiger partial charge >= 0.3 is 0 Å². The molecule has 3 heteroatoms. The predicted molar refractivity (Wildman–Crippen MR) is 76.9 cm³/mol. The number of fused-ring (bicyclic) bond motifs is 1. The van der Waals surface area contributed by atoms with Gasteiger partial charge in [-0.15, -0.1) is 0 Å². The van der Waals surface area contributed by atoms with E-state index >= 15 is 0 Å². The summed E-state index contributed by atoms with van der Waals surface area (Å²) in [6, 6.07) is 8.94. The smallest absolute Gasteiger partial charge is 0.109 e. The molecule has 0 bridgehead atoms. The average molecular weight is 245 g/mol. The topological polar surface area (TPSA) is 29.9 Å². The van der Waals surface area contributed by atoms with Crippen LogP contribution in [0.1, 0.15) is 32.5 Å². The van der Waals surface area contributed by atoms with Crippen LogP contribution in [0.4, 0.5) is 0 Å². The Bertz CT molecular complexity index is 497. The van der Waals surface area contributed by atoms with Gasteiger partial charge in [0.2, 0.25) is 0 Å². The van der Waals surface area contributed by atoms with Crippen molar-refractivity contribution < 1.29 is 0 Å². The molecule has 0 amide bonds. The summed E-state index contributed by atoms with van der Waals surface area (Å²) in [5.74, 6) is 1.22. The van der Waals surface area contributed by atoms with E-state index in [4.69, 9.17) is 4.98 Å². The molecule has 18 heavy (non-hydrogen) atoms. The zero-order valence-electron chi connectivity index (χ0n) is 11.6. The third kappa shape index (κ3) is 2.56. The first kappa shape index (κ1) is 13.1. The zero-order chi connectivity index (χ0) is 13.0. The van der Waals surface area contributed by atoms with Crippen LogP contribution in [-0.2, 0) is 13.0 Å². The highest BCUT2D eigenvalue weighted by Crippen LogP contribution is 2.18. The number of hydrogen-bond donors (Lipinski definition) is 1. The summed E-state index contributed by atoms with van der Waals surface area (Å²) in [5, 5.41) is 3.38. The minimum absolute atomic E-state index is 0.512. The molecule has 1 N–H and O–H groups in total. The SMILES string of the molecule is CCCc1nc2ccccc2n1CC(CC)NC. The van der Waals surface area contributed by atoms with Crippen molar-refractivity contribution in [2.45, 2.75) is 45.7 Å². The van der Waals surface area contributed by atoms with E-state index in [1.54, 1.807) is 0 Å². The number of rotatable bonds is 6. The Kier molecular flexibility index (Phi) is 4.37. The van der Waals surface area contributed by atoms with Crippen molar-refractivity contribution in [1.29, 1.82) is 0 Å². The van der Waals surface area contributed by atoms with E-state index in [0.717, 1.165) is 31.3 Å². The van der Waals surface area contributed by atoms with Crippen molar-refractivity contribution in [3.8, 4) is 0 Å². The van der Waals surface area contributed by atoms with Crippen molar-refractivity contribution in [3.63, 3.8) is 0 Å². The van der Waals surface area contributed by atoms with Gasteiger partial charge in [-0.2, -0.15) is 0 Å². The van der Waals surface area contributed by atoms with E-state index < -0.39 is 0 Å². The number of nitrogens with zero attached hydrogens (tertiary/aromatic N) is 2. The molecule has 1 atom stereocenters. The largest absolute Gasteiger partial charge is 0.326 e. The van der Waals surface area contributed by atoms with Crippen molar-refractivity contribution >= 4 is 11.0 Å². The maximum Gasteiger partial charge on any atom is 0.109 e. The van der Waals surface area contributed by atoms with Crippen LogP contribution in [0, 0.1) is 0 Å². The highest BCUT2D eigenvalue weighted by atomic mass is 15.1. The minimum atomic E-state index is 0.512. The molecule has 0 saturated carbocycles. The lowest BCUT2D eigenvalue weighted by molar-refractivity contribution is 0.465. The summed E-state index contributed by atoms with van der Waals surface area (Å²) in [5.41, 5.74) is 2.38. The average Bonchev–Trinajstić information content (AvgIpc) is 2.74. The zero-order valence-corrected chi connectivity index (χ0v) is 11.6. The van der Waals surface area contributed by atoms with Crippen LogP contribution in [0.2, 0.25) is 0 Å². The summed E-state index contributed by atoms with van der Waals surface area (Å²) >= 11 is 0. The van der Waals surface area contributed by atoms with Gasteiger partial charge < -0.3 is 9.88 Å². The number of likely N-dealkylation sites (N-methyl/N-ethyl adjacent to an activating group) is 1. The number of nitrogens with one attached hydrogen (secondary N) is 1. The molecule has 1 heterocycles. The standard InChI is InChI=1S/C15H23N3/c1-4-8-15-17-13-9-6-7-10-14(13)18(15)11-12(5-2)16-3/h6-7,9-10,12,16H,4-5,8,11H2,1-3H3. The first-order chi connectivity index (χ1) is 8.80. The molecule has 0 aliphatic rings. The number of benzene rings is 1. The lowest BCUT2D eigenvalue weighted by atomic mass is 10.2. The summed E-state index contributed by atoms with van der Waals surface area (Å²) in [4.78, 5) is 4.76. The summed E-state index contributed by atoms with van der Waals surface area (Å²) in [6.07, 6.45) is 3.32. The van der Waals surface area contributed by atoms with E-state index in [0.29, 0.717) is 6.04 Å². The Labute approximate surface area is 109 Å². The molecule has 1 aromatic carbocycles. The van der Waals surface area contributed by atoms with Gasteiger partial charge in [0.25, 0.3) is 0 Å². The molecule has 3 nitrogen and oxygen atoms in total. The lowest BCUT2D eigenvalue weighted by Crippen LogP contribution is -2.30. The van der Waals surface area contributed by atoms with Gasteiger partial charge in [0.05, 0.1) is 11.0 Å². The molecule has 98 valence electrons. The third-order valence-electron chi connectivity index (χ3n) is 3.51. The number of aryl methyl sites for hydroxylation is 1. The fraction of sp³-hybridized carbons (Fsp3) is 0.533. The monoisotopic (exact) mass is 245 g/mol. The van der Waals surface area contributed by atoms with Gasteiger partial charge in [0.1, 0.15) is 5.82 Å². The van der Waals surface area contributed by atoms with Crippen LogP contribution in [0.15, 0.2) is 24.3 Å². The van der Waals surface area contributed by atoms with Gasteiger partial charge in [-0.3, -0.25) is 0 Å². The summed E-state index contributed by atoms with van der Waals surface area (Å²) < 4.78 is 2.38. The van der Waals surface area contributed by atoms with Crippen LogP contribution < -0.4 is 5.32 Å². The Morgan fingerprint density at radius 1 is 1.28 bits per heavy atom. The Hall–Kier alpha value is -1.35. The quantitative estimate of drug-likeness (QED) is 0.848. The Morgan fingerprint density at radius 3 is 2.72 bits per heavy atom. The maximum atomic E-state index is 4.76. The van der Waals surface area contributed by atoms with Gasteiger partial charge in [-0.1, -0.05) is 26.0 Å². The second-order valence-electron chi connectivity index (χ2n) is 4.77. The van der Waals surface area contributed by atoms with Gasteiger partial charge in [0, 0.05) is 19.0 Å². The van der Waals surface area contributed by atoms with Crippen LogP contribution in [0.5, 0.6) is 0 Å². The fourth-order valence-electron chi connectivity index (χ4n) is 2.39. The van der Waals surface area contributed by atoms with Crippen molar-refractivity contribution in [3.05, 3.63) is 30.1 Å². The molecular weight excluding hydrogens is 222 g/mol. The number of hydrogen-bond acceptors (Lipinski definition) is 2. The molecule has 1 unspecified atom stereocenters. The van der Waals surface area contributed by atoms with Crippen LogP contribution in [0.25, 0.3) is 11.0 Å². The second-order valence-corrected chi connectivity index (χ2v) is 4.77. The van der Waals surface area contributed by atoms with E-state index in [9.17, 15) is 0 Å². The fourth-order valence-corrected chi connectivity index (χ4v) is 2.39. The molecule has 2 aromatic rings. The first-order valence-corrected chi connectivity index (χ1v) is 6.91. The molecule has 0 saturated heterocycles. The minimum Gasteiger partial charge on any atom is -0.326 e. The highest BCUT2D eigenvalue weighted by Gasteiger charge is 2.12. The van der Waals surface area contributed by atoms with Crippen molar-refractivity contribution in [1.82, 2.24) is 14.9 Å².